The van der Waals surface area contributed by atoms with Gasteiger partial charge in [0, 0.05) is 6.26 Å². The average Bonchev–Trinajstić information content (AvgIpc) is 2.56. The van der Waals surface area contributed by atoms with Crippen LogP contribution in [-0.4, -0.2) is 14.7 Å². The first-order valence-electron chi connectivity index (χ1n) is 8.29. The average molecular weight is 350 g/mol. The number of benzene rings is 3. The molecule has 0 heterocycles. The maximum Gasteiger partial charge on any atom is 0.175 e. The van der Waals surface area contributed by atoms with Gasteiger partial charge in [-0.2, -0.15) is 0 Å². The van der Waals surface area contributed by atoms with E-state index in [1.807, 2.05) is 19.1 Å². The maximum atomic E-state index is 11.8. The van der Waals surface area contributed by atoms with Crippen LogP contribution in [0.15, 0.2) is 71.6 Å². The van der Waals surface area contributed by atoms with E-state index < -0.39 is 9.84 Å². The van der Waals surface area contributed by atoms with Gasteiger partial charge < -0.3 is 0 Å². The van der Waals surface area contributed by atoms with Crippen LogP contribution in [0.25, 0.3) is 11.1 Å². The third-order valence-electron chi connectivity index (χ3n) is 4.53. The standard InChI is InChI=1S/C22H22O2S/c1-16-11-12-21(25(3,23)24)15-20(16)14-18-8-6-9-19(13-18)22-10-5-4-7-17(22)2/h4-13,15H,14H2,1-3H3. The van der Waals surface area contributed by atoms with Gasteiger partial charge in [0.2, 0.25) is 0 Å². The molecule has 0 N–H and O–H groups in total. The van der Waals surface area contributed by atoms with E-state index in [0.717, 1.165) is 17.5 Å². The van der Waals surface area contributed by atoms with E-state index in [0.29, 0.717) is 4.90 Å². The maximum absolute atomic E-state index is 11.8. The van der Waals surface area contributed by atoms with E-state index in [1.54, 1.807) is 12.1 Å². The molecule has 0 aliphatic carbocycles. The SMILES string of the molecule is Cc1ccc(S(C)(=O)=O)cc1Cc1cccc(-c2ccccc2C)c1. The van der Waals surface area contributed by atoms with E-state index in [1.165, 1.54) is 28.5 Å². The molecule has 0 spiro atoms. The fraction of sp³-hybridized carbons (Fsp3) is 0.182. The van der Waals surface area contributed by atoms with Gasteiger partial charge in [-0.3, -0.25) is 0 Å². The van der Waals surface area contributed by atoms with Crippen LogP contribution >= 0.6 is 0 Å². The van der Waals surface area contributed by atoms with E-state index in [4.69, 9.17) is 0 Å². The molecule has 0 aromatic heterocycles. The largest absolute Gasteiger partial charge is 0.224 e. The molecule has 0 unspecified atom stereocenters. The highest BCUT2D eigenvalue weighted by Crippen LogP contribution is 2.26. The van der Waals surface area contributed by atoms with Crippen molar-refractivity contribution >= 4 is 9.84 Å². The van der Waals surface area contributed by atoms with E-state index in [-0.39, 0.29) is 0 Å². The summed E-state index contributed by atoms with van der Waals surface area (Å²) < 4.78 is 23.7. The summed E-state index contributed by atoms with van der Waals surface area (Å²) >= 11 is 0. The summed E-state index contributed by atoms with van der Waals surface area (Å²) in [6.07, 6.45) is 1.97. The highest BCUT2D eigenvalue weighted by atomic mass is 32.2. The predicted molar refractivity (Wildman–Crippen MR) is 104 cm³/mol. The molecule has 2 nitrogen and oxygen atoms in total. The lowest BCUT2D eigenvalue weighted by molar-refractivity contribution is 0.601. The molecule has 0 fully saturated rings. The summed E-state index contributed by atoms with van der Waals surface area (Å²) in [7, 11) is -3.19. The predicted octanol–water partition coefficient (Wildman–Crippen LogP) is 4.96. The van der Waals surface area contributed by atoms with Crippen LogP contribution in [-0.2, 0) is 16.3 Å². The minimum absolute atomic E-state index is 0.378. The van der Waals surface area contributed by atoms with Gasteiger partial charge >= 0.3 is 0 Å². The van der Waals surface area contributed by atoms with Crippen molar-refractivity contribution in [2.24, 2.45) is 0 Å². The molecular formula is C22H22O2S. The molecular weight excluding hydrogens is 328 g/mol. The van der Waals surface area contributed by atoms with Gasteiger partial charge in [0.15, 0.2) is 9.84 Å². The van der Waals surface area contributed by atoms with E-state index in [2.05, 4.69) is 49.4 Å². The molecule has 3 aromatic rings. The minimum Gasteiger partial charge on any atom is -0.224 e. The van der Waals surface area contributed by atoms with Crippen molar-refractivity contribution in [2.45, 2.75) is 25.2 Å². The molecule has 128 valence electrons. The Labute approximate surface area is 150 Å². The fourth-order valence-electron chi connectivity index (χ4n) is 3.03. The summed E-state index contributed by atoms with van der Waals surface area (Å²) in [4.78, 5) is 0.378. The molecule has 0 saturated heterocycles. The summed E-state index contributed by atoms with van der Waals surface area (Å²) in [6.45, 7) is 4.13. The van der Waals surface area contributed by atoms with Crippen molar-refractivity contribution in [2.75, 3.05) is 6.26 Å². The molecule has 3 heteroatoms. The highest BCUT2D eigenvalue weighted by Gasteiger charge is 2.10. The van der Waals surface area contributed by atoms with E-state index >= 15 is 0 Å². The third kappa shape index (κ3) is 3.99. The van der Waals surface area contributed by atoms with Crippen molar-refractivity contribution in [1.29, 1.82) is 0 Å². The minimum atomic E-state index is -3.19. The summed E-state index contributed by atoms with van der Waals surface area (Å²) in [5.41, 5.74) is 6.99. The normalized spacial score (nSPS) is 11.5. The van der Waals surface area contributed by atoms with Crippen LogP contribution in [0.5, 0.6) is 0 Å². The second-order valence-corrected chi connectivity index (χ2v) is 8.57. The Morgan fingerprint density at radius 2 is 1.56 bits per heavy atom. The third-order valence-corrected chi connectivity index (χ3v) is 5.64. The Kier molecular flexibility index (Phi) is 4.78. The zero-order valence-electron chi connectivity index (χ0n) is 14.8. The molecule has 3 aromatic carbocycles. The van der Waals surface area contributed by atoms with Crippen LogP contribution in [0.4, 0.5) is 0 Å². The first-order valence-corrected chi connectivity index (χ1v) is 10.2. The summed E-state index contributed by atoms with van der Waals surface area (Å²) in [5, 5.41) is 0. The molecule has 0 aliphatic rings. The molecule has 0 atom stereocenters. The lowest BCUT2D eigenvalue weighted by Crippen LogP contribution is -2.00. The second-order valence-electron chi connectivity index (χ2n) is 6.55. The zero-order valence-corrected chi connectivity index (χ0v) is 15.6. The lowest BCUT2D eigenvalue weighted by Gasteiger charge is -2.11. The molecule has 0 aliphatic heterocycles. The molecule has 0 saturated carbocycles. The first-order chi connectivity index (χ1) is 11.8. The van der Waals surface area contributed by atoms with Gasteiger partial charge in [0.05, 0.1) is 4.90 Å². The smallest absolute Gasteiger partial charge is 0.175 e. The number of hydrogen-bond donors (Lipinski definition) is 0. The summed E-state index contributed by atoms with van der Waals surface area (Å²) in [6, 6.07) is 22.2. The fourth-order valence-corrected chi connectivity index (χ4v) is 3.71. The van der Waals surface area contributed by atoms with Gasteiger partial charge in [0.1, 0.15) is 0 Å². The molecule has 3 rings (SSSR count). The molecule has 0 radical (unpaired) electrons. The van der Waals surface area contributed by atoms with Gasteiger partial charge in [-0.15, -0.1) is 0 Å². The number of rotatable bonds is 4. The van der Waals surface area contributed by atoms with E-state index in [9.17, 15) is 8.42 Å². The van der Waals surface area contributed by atoms with Crippen LogP contribution in [0.2, 0.25) is 0 Å². The zero-order chi connectivity index (χ0) is 18.0. The van der Waals surface area contributed by atoms with Crippen molar-refractivity contribution in [1.82, 2.24) is 0 Å². The number of aryl methyl sites for hydroxylation is 2. The van der Waals surface area contributed by atoms with Gasteiger partial charge in [0.25, 0.3) is 0 Å². The highest BCUT2D eigenvalue weighted by molar-refractivity contribution is 7.90. The van der Waals surface area contributed by atoms with Crippen molar-refractivity contribution < 1.29 is 8.42 Å². The van der Waals surface area contributed by atoms with Crippen LogP contribution in [0, 0.1) is 13.8 Å². The van der Waals surface area contributed by atoms with Crippen LogP contribution < -0.4 is 0 Å². The monoisotopic (exact) mass is 350 g/mol. The number of sulfone groups is 1. The topological polar surface area (TPSA) is 34.1 Å². The Morgan fingerprint density at radius 1 is 0.800 bits per heavy atom. The van der Waals surface area contributed by atoms with Gasteiger partial charge in [-0.25, -0.2) is 8.42 Å². The van der Waals surface area contributed by atoms with Gasteiger partial charge in [-0.1, -0.05) is 54.6 Å². The van der Waals surface area contributed by atoms with Gasteiger partial charge in [-0.05, 0) is 65.8 Å². The Hall–Kier alpha value is -2.39. The summed E-state index contributed by atoms with van der Waals surface area (Å²) in [5.74, 6) is 0. The first kappa shape index (κ1) is 17.4. The second kappa shape index (κ2) is 6.85. The van der Waals surface area contributed by atoms with Crippen molar-refractivity contribution in [3.05, 3.63) is 89.0 Å². The quantitative estimate of drug-likeness (QED) is 0.666. The molecule has 25 heavy (non-hydrogen) atoms. The van der Waals surface area contributed by atoms with Crippen LogP contribution in [0.3, 0.4) is 0 Å². The number of hydrogen-bond acceptors (Lipinski definition) is 2. The Balaban J connectivity index is 1.97. The Morgan fingerprint density at radius 3 is 2.28 bits per heavy atom. The lowest BCUT2D eigenvalue weighted by atomic mass is 9.95. The van der Waals surface area contributed by atoms with Crippen LogP contribution in [0.1, 0.15) is 22.3 Å². The molecule has 0 bridgehead atoms. The molecule has 0 amide bonds. The Bertz CT molecular complexity index is 1020. The van der Waals surface area contributed by atoms with Crippen molar-refractivity contribution in [3.8, 4) is 11.1 Å². The van der Waals surface area contributed by atoms with Crippen molar-refractivity contribution in [3.63, 3.8) is 0 Å².